The first kappa shape index (κ1) is 23.2. The summed E-state index contributed by atoms with van der Waals surface area (Å²) in [6.45, 7) is 10.4. The SMILES string of the molecule is CCOC(=O)CC(C)=O.[Br-].[CH-]=C.[Mg+2]. The van der Waals surface area contributed by atoms with Crippen molar-refractivity contribution in [3.63, 3.8) is 0 Å². The van der Waals surface area contributed by atoms with Gasteiger partial charge in [-0.15, -0.1) is 0 Å². The Bertz CT molecular complexity index is 139. The maximum absolute atomic E-state index is 10.4. The van der Waals surface area contributed by atoms with Gasteiger partial charge in [-0.25, -0.2) is 0 Å². The molecule has 0 radical (unpaired) electrons. The fourth-order valence-electron chi connectivity index (χ4n) is 0.415. The van der Waals surface area contributed by atoms with Crippen molar-refractivity contribution in [3.05, 3.63) is 13.2 Å². The molecular formula is C8H13BrMgO3. The Kier molecular flexibility index (Phi) is 32.1. The minimum atomic E-state index is -0.440. The van der Waals surface area contributed by atoms with Crippen LogP contribution in [0.15, 0.2) is 6.58 Å². The van der Waals surface area contributed by atoms with Gasteiger partial charge >= 0.3 is 29.0 Å². The second kappa shape index (κ2) is 18.0. The first-order chi connectivity index (χ1) is 5.16. The van der Waals surface area contributed by atoms with Gasteiger partial charge in [-0.2, -0.15) is 0 Å². The number of hydrogen-bond acceptors (Lipinski definition) is 3. The number of esters is 1. The Morgan fingerprint density at radius 3 is 2.00 bits per heavy atom. The zero-order chi connectivity index (χ0) is 9.28. The smallest absolute Gasteiger partial charge is 1.00 e. The molecular weight excluding hydrogens is 248 g/mol. The number of ketones is 1. The number of rotatable bonds is 3. The van der Waals surface area contributed by atoms with Gasteiger partial charge in [0.25, 0.3) is 0 Å². The fourth-order valence-corrected chi connectivity index (χ4v) is 0.415. The van der Waals surface area contributed by atoms with E-state index >= 15 is 0 Å². The van der Waals surface area contributed by atoms with Crippen LogP contribution in [0, 0.1) is 6.58 Å². The molecule has 0 N–H and O–H groups in total. The summed E-state index contributed by atoms with van der Waals surface area (Å²) in [5, 5.41) is 0. The Balaban J connectivity index is -0.0000000941. The molecule has 0 saturated heterocycles. The molecule has 0 rings (SSSR count). The van der Waals surface area contributed by atoms with Crippen molar-refractivity contribution in [3.8, 4) is 0 Å². The summed E-state index contributed by atoms with van der Waals surface area (Å²) < 4.78 is 4.49. The van der Waals surface area contributed by atoms with E-state index in [1.165, 1.54) is 6.92 Å². The topological polar surface area (TPSA) is 43.4 Å². The standard InChI is InChI=1S/C6H10O3.C2H3.BrH.Mg/c1-3-9-6(8)4-5(2)7;1-2;;/h3-4H2,1-2H3;1H,2H2;1H;/q;-1;;+2/p-1. The van der Waals surface area contributed by atoms with Gasteiger partial charge in [0.2, 0.25) is 0 Å². The first-order valence-corrected chi connectivity index (χ1v) is 3.22. The molecule has 0 aliphatic heterocycles. The Labute approximate surface area is 106 Å². The van der Waals surface area contributed by atoms with E-state index in [0.717, 1.165) is 0 Å². The van der Waals surface area contributed by atoms with E-state index in [1.807, 2.05) is 0 Å². The van der Waals surface area contributed by atoms with Gasteiger partial charge in [-0.3, -0.25) is 16.2 Å². The van der Waals surface area contributed by atoms with E-state index in [1.54, 1.807) is 6.92 Å². The third-order valence-electron chi connectivity index (χ3n) is 0.699. The minimum absolute atomic E-state index is 0. The van der Waals surface area contributed by atoms with Gasteiger partial charge in [-0.05, 0) is 13.8 Å². The van der Waals surface area contributed by atoms with Gasteiger partial charge in [0.05, 0.1) is 6.61 Å². The molecule has 0 fully saturated rings. The molecule has 0 atom stereocenters. The molecule has 0 aromatic heterocycles. The molecule has 3 nitrogen and oxygen atoms in total. The van der Waals surface area contributed by atoms with Crippen LogP contribution in [0.25, 0.3) is 0 Å². The van der Waals surface area contributed by atoms with E-state index in [4.69, 9.17) is 0 Å². The molecule has 0 aliphatic rings. The van der Waals surface area contributed by atoms with Crippen LogP contribution in [-0.4, -0.2) is 41.4 Å². The van der Waals surface area contributed by atoms with Crippen LogP contribution in [0.3, 0.4) is 0 Å². The van der Waals surface area contributed by atoms with E-state index in [0.29, 0.717) is 6.61 Å². The molecule has 0 saturated carbocycles. The number of carbonyl (C=O) groups is 2. The molecule has 72 valence electrons. The average Bonchev–Trinajstić information content (AvgIpc) is 1.91. The molecule has 0 aliphatic carbocycles. The number of ether oxygens (including phenoxy) is 1. The van der Waals surface area contributed by atoms with Crippen molar-refractivity contribution in [1.82, 2.24) is 0 Å². The van der Waals surface area contributed by atoms with E-state index in [-0.39, 0.29) is 52.2 Å². The van der Waals surface area contributed by atoms with Gasteiger partial charge in [0, 0.05) is 0 Å². The summed E-state index contributed by atoms with van der Waals surface area (Å²) in [5.74, 6) is -0.599. The maximum atomic E-state index is 10.4. The van der Waals surface area contributed by atoms with Crippen LogP contribution in [0.2, 0.25) is 0 Å². The van der Waals surface area contributed by atoms with Crippen molar-refractivity contribution < 1.29 is 31.3 Å². The van der Waals surface area contributed by atoms with Gasteiger partial charge < -0.3 is 28.3 Å². The summed E-state index contributed by atoms with van der Waals surface area (Å²) in [5.41, 5.74) is 0. The molecule has 0 amide bonds. The van der Waals surface area contributed by atoms with Crippen LogP contribution < -0.4 is 17.0 Å². The number of halogens is 1. The molecule has 0 heterocycles. The van der Waals surface area contributed by atoms with Gasteiger partial charge in [0.15, 0.2) is 0 Å². The minimum Gasteiger partial charge on any atom is -1.00 e. The molecule has 0 spiro atoms. The second-order valence-electron chi connectivity index (χ2n) is 1.68. The predicted octanol–water partition coefficient (Wildman–Crippen LogP) is -2.24. The Morgan fingerprint density at radius 2 is 1.77 bits per heavy atom. The van der Waals surface area contributed by atoms with Crippen molar-refractivity contribution in [1.29, 1.82) is 0 Å². The van der Waals surface area contributed by atoms with Crippen molar-refractivity contribution in [2.45, 2.75) is 20.3 Å². The molecule has 0 aromatic carbocycles. The van der Waals surface area contributed by atoms with Gasteiger partial charge in [0.1, 0.15) is 12.2 Å². The van der Waals surface area contributed by atoms with Crippen LogP contribution in [0.4, 0.5) is 0 Å². The summed E-state index contributed by atoms with van der Waals surface area (Å²) in [6.07, 6.45) is -0.103. The normalized spacial score (nSPS) is 6.31. The quantitative estimate of drug-likeness (QED) is 0.250. The van der Waals surface area contributed by atoms with Crippen LogP contribution >= 0.6 is 0 Å². The number of Topliss-reactive ketones (excluding diaryl/α,β-unsaturated/α-hetero) is 1. The largest absolute Gasteiger partial charge is 2.00 e. The number of carbonyl (C=O) groups excluding carboxylic acids is 2. The van der Waals surface area contributed by atoms with Crippen molar-refractivity contribution in [2.24, 2.45) is 0 Å². The first-order valence-electron chi connectivity index (χ1n) is 3.22. The predicted molar refractivity (Wildman–Crippen MR) is 47.6 cm³/mol. The molecule has 0 bridgehead atoms. The summed E-state index contributed by atoms with van der Waals surface area (Å²) in [4.78, 5) is 20.6. The molecule has 5 heteroatoms. The average molecular weight is 261 g/mol. The maximum Gasteiger partial charge on any atom is 2.00 e. The zero-order valence-corrected chi connectivity index (χ0v) is 11.0. The monoisotopic (exact) mass is 260 g/mol. The van der Waals surface area contributed by atoms with Gasteiger partial charge in [-0.1, -0.05) is 0 Å². The molecule has 0 unspecified atom stereocenters. The Hall–Kier alpha value is 0.126. The fraction of sp³-hybridized carbons (Fsp3) is 0.500. The van der Waals surface area contributed by atoms with Crippen LogP contribution in [0.5, 0.6) is 0 Å². The van der Waals surface area contributed by atoms with Crippen molar-refractivity contribution in [2.75, 3.05) is 6.61 Å². The van der Waals surface area contributed by atoms with E-state index < -0.39 is 5.97 Å². The third kappa shape index (κ3) is 24.5. The zero-order valence-electron chi connectivity index (χ0n) is 8.01. The van der Waals surface area contributed by atoms with E-state index in [9.17, 15) is 9.59 Å². The molecule has 13 heavy (non-hydrogen) atoms. The number of hydrogen-bond donors (Lipinski definition) is 0. The Morgan fingerprint density at radius 1 is 1.38 bits per heavy atom. The summed E-state index contributed by atoms with van der Waals surface area (Å²) in [7, 11) is 0. The molecule has 0 aromatic rings. The van der Waals surface area contributed by atoms with Crippen molar-refractivity contribution >= 4 is 34.8 Å². The van der Waals surface area contributed by atoms with Crippen LogP contribution in [0.1, 0.15) is 20.3 Å². The third-order valence-corrected chi connectivity index (χ3v) is 0.699. The van der Waals surface area contributed by atoms with Crippen LogP contribution in [-0.2, 0) is 14.3 Å². The second-order valence-corrected chi connectivity index (χ2v) is 1.68. The summed E-state index contributed by atoms with van der Waals surface area (Å²) in [6, 6.07) is 0. The summed E-state index contributed by atoms with van der Waals surface area (Å²) >= 11 is 0. The van der Waals surface area contributed by atoms with E-state index in [2.05, 4.69) is 17.9 Å².